The van der Waals surface area contributed by atoms with Crippen LogP contribution >= 0.6 is 12.2 Å². The van der Waals surface area contributed by atoms with Crippen LogP contribution in [0.3, 0.4) is 0 Å². The molecule has 0 amide bonds. The summed E-state index contributed by atoms with van der Waals surface area (Å²) < 4.78 is 21.4. The van der Waals surface area contributed by atoms with E-state index in [-0.39, 0.29) is 0 Å². The molecular weight excluding hydrogens is 366 g/mol. The minimum atomic E-state index is 0.349. The topological polar surface area (TPSA) is 73.3 Å². The Labute approximate surface area is 164 Å². The van der Waals surface area contributed by atoms with Crippen LogP contribution in [0.2, 0.25) is 0 Å². The number of thiocarbonyl (C=S) groups is 1. The molecule has 0 aliphatic carbocycles. The third-order valence-corrected chi connectivity index (χ3v) is 3.73. The molecule has 2 aromatic rings. The summed E-state index contributed by atoms with van der Waals surface area (Å²) in [5.74, 6) is 2.57. The molecule has 0 saturated heterocycles. The Morgan fingerprint density at radius 2 is 1.63 bits per heavy atom. The first kappa shape index (κ1) is 20.3. The van der Waals surface area contributed by atoms with E-state index in [2.05, 4.69) is 15.8 Å². The maximum Gasteiger partial charge on any atom is 0.191 e. The summed E-state index contributed by atoms with van der Waals surface area (Å²) in [6, 6.07) is 11.0. The van der Waals surface area contributed by atoms with Crippen molar-refractivity contribution in [1.82, 2.24) is 5.43 Å². The van der Waals surface area contributed by atoms with Gasteiger partial charge >= 0.3 is 0 Å². The molecule has 2 N–H and O–H groups in total. The standard InChI is InChI=1S/C19H23N3O4S/c1-5-26-14-8-6-13(7-9-14)21-19(27)22-20-12-16-17(24-3)10-15(23-2)11-18(16)25-4/h6-12H,5H2,1-4H3,(H2,21,22,27)/b20-12-. The van der Waals surface area contributed by atoms with Crippen LogP contribution in [0.15, 0.2) is 41.5 Å². The predicted octanol–water partition coefficient (Wildman–Crippen LogP) is 3.43. The average Bonchev–Trinajstić information content (AvgIpc) is 2.69. The van der Waals surface area contributed by atoms with Crippen LogP contribution < -0.4 is 29.7 Å². The van der Waals surface area contributed by atoms with Crippen LogP contribution in [0.25, 0.3) is 0 Å². The van der Waals surface area contributed by atoms with Gasteiger partial charge < -0.3 is 24.3 Å². The lowest BCUT2D eigenvalue weighted by Gasteiger charge is -2.12. The SMILES string of the molecule is CCOc1ccc(NC(=S)N/N=C\c2c(OC)cc(OC)cc2OC)cc1. The molecule has 0 spiro atoms. The van der Waals surface area contributed by atoms with Gasteiger partial charge in [0, 0.05) is 17.8 Å². The summed E-state index contributed by atoms with van der Waals surface area (Å²) >= 11 is 5.25. The molecule has 0 saturated carbocycles. The fourth-order valence-electron chi connectivity index (χ4n) is 2.28. The van der Waals surface area contributed by atoms with Crippen LogP contribution in [0.1, 0.15) is 12.5 Å². The van der Waals surface area contributed by atoms with E-state index in [0.717, 1.165) is 11.4 Å². The van der Waals surface area contributed by atoms with Gasteiger partial charge in [-0.15, -0.1) is 0 Å². The third-order valence-electron chi connectivity index (χ3n) is 3.54. The zero-order valence-electron chi connectivity index (χ0n) is 15.7. The first-order valence-corrected chi connectivity index (χ1v) is 8.65. The molecule has 0 aliphatic heterocycles. The maximum absolute atomic E-state index is 5.41. The first-order chi connectivity index (χ1) is 13.1. The molecule has 0 bridgehead atoms. The molecule has 0 aromatic heterocycles. The Hall–Kier alpha value is -3.00. The van der Waals surface area contributed by atoms with Crippen molar-refractivity contribution in [1.29, 1.82) is 0 Å². The van der Waals surface area contributed by atoms with Crippen molar-refractivity contribution < 1.29 is 18.9 Å². The van der Waals surface area contributed by atoms with Crippen LogP contribution in [0.4, 0.5) is 5.69 Å². The molecule has 0 aliphatic rings. The van der Waals surface area contributed by atoms with Gasteiger partial charge in [-0.05, 0) is 43.4 Å². The number of hydrazone groups is 1. The minimum Gasteiger partial charge on any atom is -0.496 e. The summed E-state index contributed by atoms with van der Waals surface area (Å²) in [5.41, 5.74) is 4.26. The average molecular weight is 389 g/mol. The summed E-state index contributed by atoms with van der Waals surface area (Å²) in [6.07, 6.45) is 1.57. The van der Waals surface area contributed by atoms with Crippen molar-refractivity contribution >= 4 is 29.2 Å². The van der Waals surface area contributed by atoms with Gasteiger partial charge in [-0.1, -0.05) is 0 Å². The van der Waals surface area contributed by atoms with E-state index in [9.17, 15) is 0 Å². The number of hydrogen-bond acceptors (Lipinski definition) is 6. The van der Waals surface area contributed by atoms with E-state index in [1.807, 2.05) is 31.2 Å². The number of methoxy groups -OCH3 is 3. The molecule has 27 heavy (non-hydrogen) atoms. The van der Waals surface area contributed by atoms with Crippen molar-refractivity contribution in [3.63, 3.8) is 0 Å². The monoisotopic (exact) mass is 389 g/mol. The van der Waals surface area contributed by atoms with Crippen LogP contribution in [0, 0.1) is 0 Å². The number of nitrogens with zero attached hydrogens (tertiary/aromatic N) is 1. The molecule has 144 valence electrons. The van der Waals surface area contributed by atoms with Gasteiger partial charge in [0.15, 0.2) is 5.11 Å². The van der Waals surface area contributed by atoms with Crippen molar-refractivity contribution in [2.45, 2.75) is 6.92 Å². The zero-order valence-corrected chi connectivity index (χ0v) is 16.6. The zero-order chi connectivity index (χ0) is 19.6. The molecule has 2 aromatic carbocycles. The van der Waals surface area contributed by atoms with Crippen LogP contribution in [0.5, 0.6) is 23.0 Å². The second-order valence-corrected chi connectivity index (χ2v) is 5.64. The molecule has 0 fully saturated rings. The van der Waals surface area contributed by atoms with Gasteiger partial charge in [0.1, 0.15) is 23.0 Å². The number of rotatable bonds is 8. The van der Waals surface area contributed by atoms with E-state index < -0.39 is 0 Å². The van der Waals surface area contributed by atoms with Gasteiger partial charge in [-0.3, -0.25) is 5.43 Å². The summed E-state index contributed by atoms with van der Waals surface area (Å²) in [4.78, 5) is 0. The highest BCUT2D eigenvalue weighted by atomic mass is 32.1. The van der Waals surface area contributed by atoms with Crippen molar-refractivity contribution in [2.75, 3.05) is 33.3 Å². The normalized spacial score (nSPS) is 10.4. The number of hydrogen-bond donors (Lipinski definition) is 2. The Balaban J connectivity index is 2.03. The maximum atomic E-state index is 5.41. The quantitative estimate of drug-likeness (QED) is 0.407. The number of benzene rings is 2. The largest absolute Gasteiger partial charge is 0.496 e. The van der Waals surface area contributed by atoms with E-state index in [1.54, 1.807) is 39.7 Å². The summed E-state index contributed by atoms with van der Waals surface area (Å²) in [7, 11) is 4.71. The Morgan fingerprint density at radius 3 is 2.15 bits per heavy atom. The Kier molecular flexibility index (Phi) is 7.69. The second kappa shape index (κ2) is 10.2. The minimum absolute atomic E-state index is 0.349. The van der Waals surface area contributed by atoms with Gasteiger partial charge in [0.2, 0.25) is 0 Å². The number of anilines is 1. The lowest BCUT2D eigenvalue weighted by atomic mass is 10.2. The second-order valence-electron chi connectivity index (χ2n) is 5.23. The fraction of sp³-hybridized carbons (Fsp3) is 0.263. The summed E-state index contributed by atoms with van der Waals surface area (Å²) in [6.45, 7) is 2.57. The van der Waals surface area contributed by atoms with Crippen molar-refractivity contribution in [3.05, 3.63) is 42.0 Å². The molecule has 8 heteroatoms. The molecule has 7 nitrogen and oxygen atoms in total. The van der Waals surface area contributed by atoms with Gasteiger partial charge in [0.05, 0.1) is 39.7 Å². The Morgan fingerprint density at radius 1 is 1.00 bits per heavy atom. The van der Waals surface area contributed by atoms with E-state index >= 15 is 0 Å². The summed E-state index contributed by atoms with van der Waals surface area (Å²) in [5, 5.41) is 7.54. The highest BCUT2D eigenvalue weighted by molar-refractivity contribution is 7.80. The van der Waals surface area contributed by atoms with Gasteiger partial charge in [-0.25, -0.2) is 0 Å². The molecule has 0 radical (unpaired) electrons. The smallest absolute Gasteiger partial charge is 0.191 e. The Bertz CT molecular complexity index is 769. The molecular formula is C19H23N3O4S. The van der Waals surface area contributed by atoms with Crippen molar-refractivity contribution in [2.24, 2.45) is 5.10 Å². The molecule has 0 unspecified atom stereocenters. The predicted molar refractivity (Wildman–Crippen MR) is 111 cm³/mol. The fourth-order valence-corrected chi connectivity index (χ4v) is 2.45. The molecule has 0 heterocycles. The molecule has 0 atom stereocenters. The highest BCUT2D eigenvalue weighted by Gasteiger charge is 2.11. The van der Waals surface area contributed by atoms with Crippen LogP contribution in [-0.4, -0.2) is 39.3 Å². The van der Waals surface area contributed by atoms with E-state index in [4.69, 9.17) is 31.2 Å². The molecule has 2 rings (SSSR count). The van der Waals surface area contributed by atoms with Crippen molar-refractivity contribution in [3.8, 4) is 23.0 Å². The number of ether oxygens (including phenoxy) is 4. The lowest BCUT2D eigenvalue weighted by Crippen LogP contribution is -2.23. The van der Waals surface area contributed by atoms with Gasteiger partial charge in [0.25, 0.3) is 0 Å². The first-order valence-electron chi connectivity index (χ1n) is 8.24. The number of nitrogens with one attached hydrogen (secondary N) is 2. The van der Waals surface area contributed by atoms with Gasteiger partial charge in [-0.2, -0.15) is 5.10 Å². The third kappa shape index (κ3) is 5.75. The highest BCUT2D eigenvalue weighted by Crippen LogP contribution is 2.32. The van der Waals surface area contributed by atoms with Crippen LogP contribution in [-0.2, 0) is 0 Å². The lowest BCUT2D eigenvalue weighted by molar-refractivity contribution is 0.340. The van der Waals surface area contributed by atoms with E-state index in [0.29, 0.717) is 34.5 Å². The van der Waals surface area contributed by atoms with E-state index in [1.165, 1.54) is 0 Å².